The maximum absolute atomic E-state index is 12.4. The van der Waals surface area contributed by atoms with Gasteiger partial charge in [-0.2, -0.15) is 0 Å². The highest BCUT2D eigenvalue weighted by Crippen LogP contribution is 2.16. The summed E-state index contributed by atoms with van der Waals surface area (Å²) in [5.41, 5.74) is 1.17. The van der Waals surface area contributed by atoms with Crippen molar-refractivity contribution in [2.75, 3.05) is 26.2 Å². The van der Waals surface area contributed by atoms with E-state index in [2.05, 4.69) is 15.4 Å². The number of carbonyl (C=O) groups is 1. The minimum Gasteiger partial charge on any atom is -0.352 e. The summed E-state index contributed by atoms with van der Waals surface area (Å²) < 4.78 is 26.6. The fourth-order valence-corrected chi connectivity index (χ4v) is 3.78. The van der Waals surface area contributed by atoms with Crippen LogP contribution in [0.1, 0.15) is 35.7 Å². The Labute approximate surface area is 138 Å². The first-order chi connectivity index (χ1) is 10.9. The average molecular weight is 339 g/mol. The van der Waals surface area contributed by atoms with Gasteiger partial charge in [0.25, 0.3) is 5.91 Å². The first-order valence-corrected chi connectivity index (χ1v) is 9.51. The van der Waals surface area contributed by atoms with Crippen LogP contribution in [0.5, 0.6) is 0 Å². The Morgan fingerprint density at radius 1 is 1.39 bits per heavy atom. The van der Waals surface area contributed by atoms with Gasteiger partial charge < -0.3 is 10.6 Å². The Bertz CT molecular complexity index is 653. The molecule has 0 radical (unpaired) electrons. The number of piperidine rings is 1. The number of benzene rings is 1. The fraction of sp³-hybridized carbons (Fsp3) is 0.562. The van der Waals surface area contributed by atoms with E-state index in [1.165, 1.54) is 12.1 Å². The van der Waals surface area contributed by atoms with Crippen LogP contribution in [0.3, 0.4) is 0 Å². The van der Waals surface area contributed by atoms with Gasteiger partial charge in [-0.3, -0.25) is 4.79 Å². The molecule has 1 fully saturated rings. The van der Waals surface area contributed by atoms with E-state index in [4.69, 9.17) is 0 Å². The van der Waals surface area contributed by atoms with Crippen LogP contribution in [0, 0.1) is 12.8 Å². The van der Waals surface area contributed by atoms with Crippen molar-refractivity contribution in [1.29, 1.82) is 0 Å². The van der Waals surface area contributed by atoms with E-state index < -0.39 is 10.0 Å². The molecule has 1 aliphatic rings. The Morgan fingerprint density at radius 3 is 2.83 bits per heavy atom. The molecule has 0 aromatic heterocycles. The molecule has 3 N–H and O–H groups in total. The van der Waals surface area contributed by atoms with Crippen molar-refractivity contribution in [1.82, 2.24) is 15.4 Å². The molecule has 1 amide bonds. The molecule has 1 aromatic carbocycles. The van der Waals surface area contributed by atoms with Crippen molar-refractivity contribution in [3.05, 3.63) is 29.3 Å². The summed E-state index contributed by atoms with van der Waals surface area (Å²) in [6.45, 7) is 6.39. The maximum Gasteiger partial charge on any atom is 0.251 e. The van der Waals surface area contributed by atoms with Gasteiger partial charge in [0.15, 0.2) is 0 Å². The van der Waals surface area contributed by atoms with Crippen molar-refractivity contribution >= 4 is 15.9 Å². The molecular weight excluding hydrogens is 314 g/mol. The summed E-state index contributed by atoms with van der Waals surface area (Å²) in [7, 11) is -3.56. The number of hydrogen-bond donors (Lipinski definition) is 3. The average Bonchev–Trinajstić information content (AvgIpc) is 2.53. The third-order valence-electron chi connectivity index (χ3n) is 4.05. The Hall–Kier alpha value is -1.44. The second-order valence-electron chi connectivity index (χ2n) is 5.90. The SMILES string of the molecule is CCNS(=O)(=O)c1ccc(C)c(C(=O)NCC2CCCNC2)c1. The summed E-state index contributed by atoms with van der Waals surface area (Å²) in [5, 5.41) is 6.24. The lowest BCUT2D eigenvalue weighted by Gasteiger charge is -2.23. The standard InChI is InChI=1S/C16H25N3O3S/c1-3-19-23(21,22)14-7-6-12(2)15(9-14)16(20)18-11-13-5-4-8-17-10-13/h6-7,9,13,17,19H,3-5,8,10-11H2,1-2H3,(H,18,20). The van der Waals surface area contributed by atoms with Crippen LogP contribution >= 0.6 is 0 Å². The number of hydrogen-bond acceptors (Lipinski definition) is 4. The van der Waals surface area contributed by atoms with Crippen LogP contribution in [-0.4, -0.2) is 40.5 Å². The van der Waals surface area contributed by atoms with Gasteiger partial charge in [-0.1, -0.05) is 13.0 Å². The molecule has 0 spiro atoms. The first-order valence-electron chi connectivity index (χ1n) is 8.03. The highest BCUT2D eigenvalue weighted by atomic mass is 32.2. The molecular formula is C16H25N3O3S. The zero-order chi connectivity index (χ0) is 16.9. The van der Waals surface area contributed by atoms with E-state index in [1.54, 1.807) is 19.9 Å². The normalized spacial score (nSPS) is 18.6. The predicted molar refractivity (Wildman–Crippen MR) is 90.0 cm³/mol. The number of amides is 1. The second kappa shape index (κ2) is 7.90. The van der Waals surface area contributed by atoms with Gasteiger partial charge in [0, 0.05) is 18.7 Å². The molecule has 1 unspecified atom stereocenters. The summed E-state index contributed by atoms with van der Waals surface area (Å²) in [5.74, 6) is 0.211. The summed E-state index contributed by atoms with van der Waals surface area (Å²) >= 11 is 0. The molecule has 6 nitrogen and oxygen atoms in total. The molecule has 23 heavy (non-hydrogen) atoms. The minimum absolute atomic E-state index is 0.120. The Morgan fingerprint density at radius 2 is 2.17 bits per heavy atom. The Balaban J connectivity index is 2.09. The highest BCUT2D eigenvalue weighted by molar-refractivity contribution is 7.89. The zero-order valence-electron chi connectivity index (χ0n) is 13.7. The van der Waals surface area contributed by atoms with E-state index in [9.17, 15) is 13.2 Å². The second-order valence-corrected chi connectivity index (χ2v) is 7.67. The predicted octanol–water partition coefficient (Wildman–Crippen LogP) is 1.02. The van der Waals surface area contributed by atoms with Crippen LogP contribution in [0.2, 0.25) is 0 Å². The number of carbonyl (C=O) groups excluding carboxylic acids is 1. The smallest absolute Gasteiger partial charge is 0.251 e. The van der Waals surface area contributed by atoms with Crippen LogP contribution in [0.4, 0.5) is 0 Å². The van der Waals surface area contributed by atoms with Gasteiger partial charge >= 0.3 is 0 Å². The van der Waals surface area contributed by atoms with Crippen molar-refractivity contribution in [3.63, 3.8) is 0 Å². The quantitative estimate of drug-likeness (QED) is 0.722. The molecule has 0 saturated carbocycles. The van der Waals surface area contributed by atoms with Crippen LogP contribution in [0.25, 0.3) is 0 Å². The zero-order valence-corrected chi connectivity index (χ0v) is 14.5. The summed E-state index contributed by atoms with van der Waals surface area (Å²) in [6, 6.07) is 4.64. The van der Waals surface area contributed by atoms with Crippen molar-refractivity contribution < 1.29 is 13.2 Å². The number of nitrogens with one attached hydrogen (secondary N) is 3. The maximum atomic E-state index is 12.4. The number of aryl methyl sites for hydroxylation is 1. The van der Waals surface area contributed by atoms with E-state index in [-0.39, 0.29) is 10.8 Å². The van der Waals surface area contributed by atoms with Gasteiger partial charge in [0.2, 0.25) is 10.0 Å². The van der Waals surface area contributed by atoms with Gasteiger partial charge in [0.05, 0.1) is 4.90 Å². The molecule has 1 atom stereocenters. The van der Waals surface area contributed by atoms with E-state index >= 15 is 0 Å². The molecule has 1 heterocycles. The summed E-state index contributed by atoms with van der Waals surface area (Å²) in [6.07, 6.45) is 2.22. The molecule has 1 saturated heterocycles. The van der Waals surface area contributed by atoms with Gasteiger partial charge in [0.1, 0.15) is 0 Å². The number of sulfonamides is 1. The molecule has 7 heteroatoms. The molecule has 0 aliphatic carbocycles. The van der Waals surface area contributed by atoms with Crippen molar-refractivity contribution in [2.24, 2.45) is 5.92 Å². The lowest BCUT2D eigenvalue weighted by atomic mass is 9.99. The van der Waals surface area contributed by atoms with Crippen LogP contribution in [-0.2, 0) is 10.0 Å². The van der Waals surface area contributed by atoms with E-state index in [0.717, 1.165) is 31.5 Å². The molecule has 2 rings (SSSR count). The van der Waals surface area contributed by atoms with Crippen LogP contribution < -0.4 is 15.4 Å². The minimum atomic E-state index is -3.56. The highest BCUT2D eigenvalue weighted by Gasteiger charge is 2.19. The van der Waals surface area contributed by atoms with Crippen molar-refractivity contribution in [2.45, 2.75) is 31.6 Å². The topological polar surface area (TPSA) is 87.3 Å². The lowest BCUT2D eigenvalue weighted by molar-refractivity contribution is 0.0944. The first kappa shape index (κ1) is 17.9. The summed E-state index contributed by atoms with van der Waals surface area (Å²) in [4.78, 5) is 12.5. The van der Waals surface area contributed by atoms with E-state index in [1.807, 2.05) is 0 Å². The largest absolute Gasteiger partial charge is 0.352 e. The molecule has 1 aromatic rings. The monoisotopic (exact) mass is 339 g/mol. The Kier molecular flexibility index (Phi) is 6.15. The van der Waals surface area contributed by atoms with Crippen molar-refractivity contribution in [3.8, 4) is 0 Å². The molecule has 128 valence electrons. The fourth-order valence-electron chi connectivity index (χ4n) is 2.72. The third kappa shape index (κ3) is 4.76. The van der Waals surface area contributed by atoms with Gasteiger partial charge in [-0.05, 0) is 56.5 Å². The third-order valence-corrected chi connectivity index (χ3v) is 5.59. The molecule has 1 aliphatic heterocycles. The lowest BCUT2D eigenvalue weighted by Crippen LogP contribution is -2.38. The van der Waals surface area contributed by atoms with E-state index in [0.29, 0.717) is 24.6 Å². The van der Waals surface area contributed by atoms with Gasteiger partial charge in [-0.25, -0.2) is 13.1 Å². The van der Waals surface area contributed by atoms with Crippen LogP contribution in [0.15, 0.2) is 23.1 Å². The number of rotatable bonds is 6. The van der Waals surface area contributed by atoms with Gasteiger partial charge in [-0.15, -0.1) is 0 Å². The molecule has 0 bridgehead atoms.